The molecule has 3 N–H and O–H groups in total. The number of aromatic nitrogens is 1. The highest BCUT2D eigenvalue weighted by Gasteiger charge is 2.22. The second-order valence-corrected chi connectivity index (χ2v) is 6.74. The molecule has 6 heteroatoms. The van der Waals surface area contributed by atoms with Crippen LogP contribution in [0.3, 0.4) is 0 Å². The summed E-state index contributed by atoms with van der Waals surface area (Å²) in [6.45, 7) is 0.663. The van der Waals surface area contributed by atoms with E-state index in [1.54, 1.807) is 6.20 Å². The van der Waals surface area contributed by atoms with Gasteiger partial charge >= 0.3 is 5.97 Å². The summed E-state index contributed by atoms with van der Waals surface area (Å²) in [4.78, 5) is 27.2. The Labute approximate surface area is 156 Å². The van der Waals surface area contributed by atoms with Gasteiger partial charge in [0, 0.05) is 29.9 Å². The minimum absolute atomic E-state index is 0.144. The quantitative estimate of drug-likeness (QED) is 0.627. The van der Waals surface area contributed by atoms with Gasteiger partial charge in [-0.05, 0) is 28.8 Å². The molecule has 0 saturated carbocycles. The van der Waals surface area contributed by atoms with Crippen LogP contribution in [0.4, 0.5) is 0 Å². The summed E-state index contributed by atoms with van der Waals surface area (Å²) >= 11 is 0. The molecule has 0 aliphatic carbocycles. The van der Waals surface area contributed by atoms with Crippen molar-refractivity contribution in [3.8, 4) is 5.75 Å². The Bertz CT molecular complexity index is 1010. The van der Waals surface area contributed by atoms with Crippen LogP contribution in [0.1, 0.15) is 16.7 Å². The molecule has 2 aromatic carbocycles. The number of carbonyl (C=O) groups excluding carboxylic acids is 1. The molecule has 1 aliphatic heterocycles. The van der Waals surface area contributed by atoms with E-state index in [4.69, 9.17) is 4.74 Å². The predicted octanol–water partition coefficient (Wildman–Crippen LogP) is 2.46. The van der Waals surface area contributed by atoms with Crippen molar-refractivity contribution < 1.29 is 19.4 Å². The fraction of sp³-hybridized carbons (Fsp3) is 0.238. The summed E-state index contributed by atoms with van der Waals surface area (Å²) in [7, 11) is 0. The number of aliphatic carboxylic acids is 1. The van der Waals surface area contributed by atoms with Crippen LogP contribution in [0.2, 0.25) is 0 Å². The average molecular weight is 364 g/mol. The lowest BCUT2D eigenvalue weighted by Crippen LogP contribution is -2.43. The summed E-state index contributed by atoms with van der Waals surface area (Å²) < 4.78 is 5.47. The zero-order valence-electron chi connectivity index (χ0n) is 14.7. The van der Waals surface area contributed by atoms with Crippen LogP contribution >= 0.6 is 0 Å². The third-order valence-electron chi connectivity index (χ3n) is 4.85. The normalized spacial score (nSPS) is 13.8. The number of benzene rings is 2. The smallest absolute Gasteiger partial charge is 0.326 e. The van der Waals surface area contributed by atoms with E-state index in [-0.39, 0.29) is 18.7 Å². The van der Waals surface area contributed by atoms with Crippen molar-refractivity contribution >= 4 is 22.8 Å². The molecule has 4 rings (SSSR count). The fourth-order valence-electron chi connectivity index (χ4n) is 3.50. The van der Waals surface area contributed by atoms with Crippen LogP contribution in [-0.2, 0) is 28.9 Å². The van der Waals surface area contributed by atoms with E-state index in [2.05, 4.69) is 10.3 Å². The van der Waals surface area contributed by atoms with E-state index < -0.39 is 12.0 Å². The molecule has 6 nitrogen and oxygen atoms in total. The molecule has 0 saturated heterocycles. The molecule has 138 valence electrons. The van der Waals surface area contributed by atoms with Crippen LogP contribution in [0.25, 0.3) is 10.9 Å². The standard InChI is InChI=1S/C21H20N2O4/c24-20(10-13-5-6-19-14(9-13)7-8-27-19)23-18(21(25)26)11-15-12-22-17-4-2-1-3-16(15)17/h1-6,9,12,18,22H,7-8,10-11H2,(H,23,24)(H,25,26). The van der Waals surface area contributed by atoms with Gasteiger partial charge in [-0.15, -0.1) is 0 Å². The number of amides is 1. The van der Waals surface area contributed by atoms with Crippen molar-refractivity contribution in [3.63, 3.8) is 0 Å². The Morgan fingerprint density at radius 1 is 1.22 bits per heavy atom. The lowest BCUT2D eigenvalue weighted by Gasteiger charge is -2.14. The number of ether oxygens (including phenoxy) is 1. The molecule has 27 heavy (non-hydrogen) atoms. The molecule has 1 atom stereocenters. The number of para-hydroxylation sites is 1. The summed E-state index contributed by atoms with van der Waals surface area (Å²) in [5, 5.41) is 13.2. The van der Waals surface area contributed by atoms with Crippen molar-refractivity contribution in [1.29, 1.82) is 0 Å². The number of carboxylic acids is 1. The number of hydrogen-bond donors (Lipinski definition) is 3. The van der Waals surface area contributed by atoms with Gasteiger partial charge in [0.1, 0.15) is 11.8 Å². The Kier molecular flexibility index (Phi) is 4.54. The van der Waals surface area contributed by atoms with Crippen molar-refractivity contribution in [2.45, 2.75) is 25.3 Å². The number of rotatable bonds is 6. The first-order chi connectivity index (χ1) is 13.1. The van der Waals surface area contributed by atoms with Gasteiger partial charge in [0.25, 0.3) is 0 Å². The fourth-order valence-corrected chi connectivity index (χ4v) is 3.50. The number of hydrogen-bond acceptors (Lipinski definition) is 3. The molecular weight excluding hydrogens is 344 g/mol. The van der Waals surface area contributed by atoms with E-state index >= 15 is 0 Å². The number of H-pyrrole nitrogens is 1. The van der Waals surface area contributed by atoms with Crippen LogP contribution in [-0.4, -0.2) is 34.6 Å². The summed E-state index contributed by atoms with van der Waals surface area (Å²) in [5.41, 5.74) is 3.76. The summed E-state index contributed by atoms with van der Waals surface area (Å²) in [6.07, 6.45) is 3.00. The second-order valence-electron chi connectivity index (χ2n) is 6.74. The predicted molar refractivity (Wildman–Crippen MR) is 101 cm³/mol. The highest BCUT2D eigenvalue weighted by atomic mass is 16.5. The minimum Gasteiger partial charge on any atom is -0.493 e. The molecule has 1 amide bonds. The first-order valence-electron chi connectivity index (χ1n) is 8.92. The Balaban J connectivity index is 1.45. The van der Waals surface area contributed by atoms with Crippen LogP contribution in [0.5, 0.6) is 5.75 Å². The molecular formula is C21H20N2O4. The van der Waals surface area contributed by atoms with Crippen LogP contribution in [0, 0.1) is 0 Å². The van der Waals surface area contributed by atoms with Gasteiger partial charge in [0.05, 0.1) is 13.0 Å². The van der Waals surface area contributed by atoms with Crippen LogP contribution in [0.15, 0.2) is 48.7 Å². The Morgan fingerprint density at radius 2 is 2.07 bits per heavy atom. The van der Waals surface area contributed by atoms with E-state index in [0.717, 1.165) is 39.8 Å². The van der Waals surface area contributed by atoms with Gasteiger partial charge in [0.2, 0.25) is 5.91 Å². The van der Waals surface area contributed by atoms with Gasteiger partial charge in [-0.2, -0.15) is 0 Å². The molecule has 0 spiro atoms. The lowest BCUT2D eigenvalue weighted by molar-refractivity contribution is -0.141. The maximum absolute atomic E-state index is 12.4. The average Bonchev–Trinajstić information content (AvgIpc) is 3.27. The van der Waals surface area contributed by atoms with E-state index in [1.165, 1.54) is 0 Å². The molecule has 1 unspecified atom stereocenters. The molecule has 0 radical (unpaired) electrons. The van der Waals surface area contributed by atoms with E-state index in [1.807, 2.05) is 42.5 Å². The van der Waals surface area contributed by atoms with Gasteiger partial charge in [-0.25, -0.2) is 4.79 Å². The van der Waals surface area contributed by atoms with Gasteiger partial charge < -0.3 is 20.1 Å². The number of aromatic amines is 1. The molecule has 0 bridgehead atoms. The number of carboxylic acid groups (broad SMARTS) is 1. The van der Waals surface area contributed by atoms with E-state index in [9.17, 15) is 14.7 Å². The maximum Gasteiger partial charge on any atom is 0.326 e. The topological polar surface area (TPSA) is 91.4 Å². The number of fused-ring (bicyclic) bond motifs is 2. The number of carbonyl (C=O) groups is 2. The molecule has 2 heterocycles. The van der Waals surface area contributed by atoms with E-state index in [0.29, 0.717) is 6.61 Å². The molecule has 1 aliphatic rings. The largest absolute Gasteiger partial charge is 0.493 e. The van der Waals surface area contributed by atoms with Gasteiger partial charge in [-0.3, -0.25) is 4.79 Å². The first kappa shape index (κ1) is 17.1. The Morgan fingerprint density at radius 3 is 2.93 bits per heavy atom. The third kappa shape index (κ3) is 3.65. The maximum atomic E-state index is 12.4. The monoisotopic (exact) mass is 364 g/mol. The third-order valence-corrected chi connectivity index (χ3v) is 4.85. The highest BCUT2D eigenvalue weighted by Crippen LogP contribution is 2.26. The zero-order chi connectivity index (χ0) is 18.8. The summed E-state index contributed by atoms with van der Waals surface area (Å²) in [5.74, 6) is -0.487. The van der Waals surface area contributed by atoms with Gasteiger partial charge in [0.15, 0.2) is 0 Å². The first-order valence-corrected chi connectivity index (χ1v) is 8.92. The number of nitrogens with one attached hydrogen (secondary N) is 2. The van der Waals surface area contributed by atoms with Crippen molar-refractivity contribution in [2.24, 2.45) is 0 Å². The Hall–Kier alpha value is -3.28. The highest BCUT2D eigenvalue weighted by molar-refractivity contribution is 5.87. The van der Waals surface area contributed by atoms with Crippen molar-refractivity contribution in [2.75, 3.05) is 6.61 Å². The van der Waals surface area contributed by atoms with Crippen molar-refractivity contribution in [1.82, 2.24) is 10.3 Å². The molecule has 3 aromatic rings. The lowest BCUT2D eigenvalue weighted by atomic mass is 10.0. The minimum atomic E-state index is -1.05. The zero-order valence-corrected chi connectivity index (χ0v) is 14.7. The molecule has 0 fully saturated rings. The van der Waals surface area contributed by atoms with Crippen molar-refractivity contribution in [3.05, 3.63) is 65.4 Å². The van der Waals surface area contributed by atoms with Gasteiger partial charge in [-0.1, -0.05) is 30.3 Å². The van der Waals surface area contributed by atoms with Crippen LogP contribution < -0.4 is 10.1 Å². The SMILES string of the molecule is O=C(Cc1ccc2c(c1)CCO2)NC(Cc1c[nH]c2ccccc12)C(=O)O. The molecule has 1 aromatic heterocycles. The summed E-state index contributed by atoms with van der Waals surface area (Å²) in [6, 6.07) is 12.4. The second kappa shape index (κ2) is 7.15.